The number of hydrogen-bond acceptors (Lipinski definition) is 5. The van der Waals surface area contributed by atoms with E-state index in [1.165, 1.54) is 20.1 Å². The second-order valence-electron chi connectivity index (χ2n) is 4.08. The molecule has 5 heteroatoms. The van der Waals surface area contributed by atoms with Crippen molar-refractivity contribution in [3.05, 3.63) is 24.2 Å². The van der Waals surface area contributed by atoms with Crippen LogP contribution in [0.15, 0.2) is 22.8 Å². The molecule has 1 aliphatic rings. The van der Waals surface area contributed by atoms with Crippen LogP contribution < -0.4 is 0 Å². The summed E-state index contributed by atoms with van der Waals surface area (Å²) in [4.78, 5) is 23.2. The van der Waals surface area contributed by atoms with Crippen LogP contribution in [0.1, 0.15) is 19.6 Å². The second kappa shape index (κ2) is 3.66. The molecule has 0 bridgehead atoms. The van der Waals surface area contributed by atoms with E-state index >= 15 is 0 Å². The van der Waals surface area contributed by atoms with Crippen molar-refractivity contribution in [1.82, 2.24) is 0 Å². The summed E-state index contributed by atoms with van der Waals surface area (Å²) in [5.74, 6) is -2.69. The van der Waals surface area contributed by atoms with Crippen LogP contribution >= 0.6 is 0 Å². The molecule has 2 heterocycles. The number of cyclic esters (lactones) is 2. The molecule has 86 valence electrons. The summed E-state index contributed by atoms with van der Waals surface area (Å²) in [6.45, 7) is 3.04. The average molecular weight is 224 g/mol. The minimum absolute atomic E-state index is 0.167. The fourth-order valence-corrected chi connectivity index (χ4v) is 1.54. The highest BCUT2D eigenvalue weighted by atomic mass is 16.7. The molecule has 0 aliphatic carbocycles. The lowest BCUT2D eigenvalue weighted by Gasteiger charge is -2.32. The van der Waals surface area contributed by atoms with Gasteiger partial charge in [0.25, 0.3) is 5.79 Å². The van der Waals surface area contributed by atoms with Gasteiger partial charge in [-0.2, -0.15) is 0 Å². The van der Waals surface area contributed by atoms with Gasteiger partial charge in [-0.25, -0.2) is 0 Å². The van der Waals surface area contributed by atoms with E-state index in [0.29, 0.717) is 5.76 Å². The molecular weight excluding hydrogens is 212 g/mol. The minimum atomic E-state index is -1.17. The molecule has 0 aromatic carbocycles. The number of ether oxygens (including phenoxy) is 2. The molecule has 1 aromatic rings. The van der Waals surface area contributed by atoms with Gasteiger partial charge >= 0.3 is 11.9 Å². The smallest absolute Gasteiger partial charge is 0.324 e. The highest BCUT2D eigenvalue weighted by Crippen LogP contribution is 2.25. The van der Waals surface area contributed by atoms with E-state index in [0.717, 1.165) is 0 Å². The van der Waals surface area contributed by atoms with Gasteiger partial charge in [0.1, 0.15) is 5.76 Å². The van der Waals surface area contributed by atoms with Crippen LogP contribution in [0, 0.1) is 5.92 Å². The van der Waals surface area contributed by atoms with E-state index in [4.69, 9.17) is 13.9 Å². The zero-order valence-corrected chi connectivity index (χ0v) is 9.06. The Morgan fingerprint density at radius 1 is 1.25 bits per heavy atom. The maximum atomic E-state index is 11.6. The molecule has 0 amide bonds. The summed E-state index contributed by atoms with van der Waals surface area (Å²) in [7, 11) is 0. The number of hydrogen-bond donors (Lipinski definition) is 0. The predicted octanol–water partition coefficient (Wildman–Crippen LogP) is 1.27. The van der Waals surface area contributed by atoms with E-state index in [2.05, 4.69) is 0 Å². The Hall–Kier alpha value is -1.78. The topological polar surface area (TPSA) is 65.7 Å². The molecule has 1 aromatic heterocycles. The first-order chi connectivity index (χ1) is 7.48. The van der Waals surface area contributed by atoms with E-state index in [1.807, 2.05) is 0 Å². The quantitative estimate of drug-likeness (QED) is 0.559. The summed E-state index contributed by atoms with van der Waals surface area (Å²) >= 11 is 0. The molecule has 1 fully saturated rings. The van der Waals surface area contributed by atoms with Crippen molar-refractivity contribution >= 4 is 11.9 Å². The highest BCUT2D eigenvalue weighted by Gasteiger charge is 2.43. The molecule has 0 saturated carbocycles. The van der Waals surface area contributed by atoms with Gasteiger partial charge in [0.05, 0.1) is 6.26 Å². The van der Waals surface area contributed by atoms with Crippen LogP contribution in [-0.4, -0.2) is 17.7 Å². The molecular formula is C11H12O5. The van der Waals surface area contributed by atoms with E-state index in [-0.39, 0.29) is 6.42 Å². The van der Waals surface area contributed by atoms with Gasteiger partial charge in [0.15, 0.2) is 5.92 Å². The third kappa shape index (κ3) is 2.08. The normalized spacial score (nSPS) is 20.4. The lowest BCUT2D eigenvalue weighted by molar-refractivity contribution is -0.239. The van der Waals surface area contributed by atoms with E-state index in [9.17, 15) is 9.59 Å². The first-order valence-corrected chi connectivity index (χ1v) is 4.96. The van der Waals surface area contributed by atoms with Crippen LogP contribution in [-0.2, 0) is 25.5 Å². The summed E-state index contributed by atoms with van der Waals surface area (Å²) in [5.41, 5.74) is 0. The van der Waals surface area contributed by atoms with Crippen LogP contribution in [0.25, 0.3) is 0 Å². The van der Waals surface area contributed by atoms with Crippen molar-refractivity contribution in [2.75, 3.05) is 0 Å². The van der Waals surface area contributed by atoms with Crippen LogP contribution in [0.2, 0.25) is 0 Å². The summed E-state index contributed by atoms with van der Waals surface area (Å²) < 4.78 is 15.0. The van der Waals surface area contributed by atoms with Crippen molar-refractivity contribution in [2.45, 2.75) is 26.1 Å². The van der Waals surface area contributed by atoms with Gasteiger partial charge in [-0.15, -0.1) is 0 Å². The average Bonchev–Trinajstić information content (AvgIpc) is 2.62. The number of rotatable bonds is 2. The Morgan fingerprint density at radius 2 is 1.88 bits per heavy atom. The van der Waals surface area contributed by atoms with E-state index < -0.39 is 23.6 Å². The standard InChI is InChI=1S/C11H12O5/c1-11(2)15-9(12)8(10(13)16-11)6-7-4-3-5-14-7/h3-5,8H,6H2,1-2H3. The van der Waals surface area contributed by atoms with Gasteiger partial charge in [0, 0.05) is 20.3 Å². The van der Waals surface area contributed by atoms with Crippen molar-refractivity contribution in [1.29, 1.82) is 0 Å². The molecule has 5 nitrogen and oxygen atoms in total. The number of esters is 2. The summed E-state index contributed by atoms with van der Waals surface area (Å²) in [6.07, 6.45) is 1.65. The Morgan fingerprint density at radius 3 is 2.38 bits per heavy atom. The zero-order chi connectivity index (χ0) is 11.8. The highest BCUT2D eigenvalue weighted by molar-refractivity contribution is 5.96. The largest absolute Gasteiger partial charge is 0.469 e. The van der Waals surface area contributed by atoms with Crippen LogP contribution in [0.4, 0.5) is 0 Å². The fourth-order valence-electron chi connectivity index (χ4n) is 1.54. The molecule has 2 rings (SSSR count). The van der Waals surface area contributed by atoms with Crippen LogP contribution in [0.3, 0.4) is 0 Å². The number of carbonyl (C=O) groups excluding carboxylic acids is 2. The number of carbonyl (C=O) groups is 2. The maximum absolute atomic E-state index is 11.6. The zero-order valence-electron chi connectivity index (χ0n) is 9.06. The van der Waals surface area contributed by atoms with Gasteiger partial charge in [-0.3, -0.25) is 9.59 Å². The van der Waals surface area contributed by atoms with Crippen molar-refractivity contribution in [2.24, 2.45) is 5.92 Å². The molecule has 1 aliphatic heterocycles. The Balaban J connectivity index is 2.11. The Labute approximate surface area is 92.3 Å². The molecule has 1 saturated heterocycles. The summed E-state index contributed by atoms with van der Waals surface area (Å²) in [6, 6.07) is 3.39. The van der Waals surface area contributed by atoms with Crippen LogP contribution in [0.5, 0.6) is 0 Å². The minimum Gasteiger partial charge on any atom is -0.469 e. The van der Waals surface area contributed by atoms with E-state index in [1.54, 1.807) is 12.1 Å². The number of furan rings is 1. The lowest BCUT2D eigenvalue weighted by atomic mass is 10.0. The maximum Gasteiger partial charge on any atom is 0.324 e. The Bertz CT molecular complexity index is 384. The van der Waals surface area contributed by atoms with Gasteiger partial charge in [-0.1, -0.05) is 0 Å². The Kier molecular flexibility index (Phi) is 2.46. The molecule has 0 atom stereocenters. The third-order valence-electron chi connectivity index (χ3n) is 2.25. The monoisotopic (exact) mass is 224 g/mol. The van der Waals surface area contributed by atoms with Crippen molar-refractivity contribution in [3.63, 3.8) is 0 Å². The first kappa shape index (κ1) is 10.7. The fraction of sp³-hybridized carbons (Fsp3) is 0.455. The second-order valence-corrected chi connectivity index (χ2v) is 4.08. The third-order valence-corrected chi connectivity index (χ3v) is 2.25. The van der Waals surface area contributed by atoms with Gasteiger partial charge < -0.3 is 13.9 Å². The SMILES string of the molecule is CC1(C)OC(=O)C(Cc2ccco2)C(=O)O1. The van der Waals surface area contributed by atoms with Crippen molar-refractivity contribution < 1.29 is 23.5 Å². The molecule has 0 N–H and O–H groups in total. The van der Waals surface area contributed by atoms with Gasteiger partial charge in [-0.05, 0) is 12.1 Å². The molecule has 0 spiro atoms. The molecule has 0 radical (unpaired) electrons. The summed E-state index contributed by atoms with van der Waals surface area (Å²) in [5, 5.41) is 0. The first-order valence-electron chi connectivity index (χ1n) is 4.96. The van der Waals surface area contributed by atoms with Gasteiger partial charge in [0.2, 0.25) is 0 Å². The molecule has 16 heavy (non-hydrogen) atoms. The predicted molar refractivity (Wildman–Crippen MR) is 52.2 cm³/mol. The van der Waals surface area contributed by atoms with Crippen molar-refractivity contribution in [3.8, 4) is 0 Å². The lowest BCUT2D eigenvalue weighted by Crippen LogP contribution is -2.46. The molecule has 0 unspecified atom stereocenters.